The Labute approximate surface area is 116 Å². The van der Waals surface area contributed by atoms with Crippen molar-refractivity contribution in [3.63, 3.8) is 0 Å². The zero-order valence-corrected chi connectivity index (χ0v) is 11.3. The average Bonchev–Trinajstić information content (AvgIpc) is 2.66. The highest BCUT2D eigenvalue weighted by Gasteiger charge is 2.30. The van der Waals surface area contributed by atoms with E-state index < -0.39 is 23.9 Å². The van der Waals surface area contributed by atoms with Crippen LogP contribution < -0.4 is 10.6 Å². The molecule has 1 heterocycles. The van der Waals surface area contributed by atoms with Crippen molar-refractivity contribution in [3.05, 3.63) is 0 Å². The van der Waals surface area contributed by atoms with E-state index in [0.717, 1.165) is 0 Å². The number of carboxylic acids is 1. The minimum atomic E-state index is -0.910. The lowest BCUT2D eigenvalue weighted by Gasteiger charge is -2.12. The van der Waals surface area contributed by atoms with Gasteiger partial charge in [-0.2, -0.15) is 0 Å². The van der Waals surface area contributed by atoms with E-state index in [1.807, 2.05) is 0 Å². The quantitative estimate of drug-likeness (QED) is 0.579. The van der Waals surface area contributed by atoms with E-state index in [1.54, 1.807) is 7.05 Å². The average molecular weight is 285 g/mol. The predicted octanol–water partition coefficient (Wildman–Crippen LogP) is -0.312. The van der Waals surface area contributed by atoms with Crippen molar-refractivity contribution in [1.82, 2.24) is 15.5 Å². The smallest absolute Gasteiger partial charge is 0.322 e. The topological polar surface area (TPSA) is 116 Å². The molecule has 0 aliphatic carbocycles. The Kier molecular flexibility index (Phi) is 5.95. The van der Waals surface area contributed by atoms with Gasteiger partial charge in [-0.1, -0.05) is 0 Å². The van der Waals surface area contributed by atoms with Crippen LogP contribution in [0.15, 0.2) is 0 Å². The van der Waals surface area contributed by atoms with Crippen LogP contribution in [0.3, 0.4) is 0 Å². The van der Waals surface area contributed by atoms with Crippen LogP contribution in [0.25, 0.3) is 0 Å². The second-order valence-corrected chi connectivity index (χ2v) is 4.72. The summed E-state index contributed by atoms with van der Waals surface area (Å²) >= 11 is 0. The molecule has 1 aliphatic rings. The monoisotopic (exact) mass is 285 g/mol. The first kappa shape index (κ1) is 15.9. The fourth-order valence-electron chi connectivity index (χ4n) is 1.90. The van der Waals surface area contributed by atoms with Crippen molar-refractivity contribution in [3.8, 4) is 0 Å². The molecule has 8 heteroatoms. The number of amides is 4. The van der Waals surface area contributed by atoms with Crippen LogP contribution in [0.2, 0.25) is 0 Å². The largest absolute Gasteiger partial charge is 0.481 e. The van der Waals surface area contributed by atoms with Gasteiger partial charge in [-0.3, -0.25) is 19.7 Å². The Morgan fingerprint density at radius 3 is 2.50 bits per heavy atom. The van der Waals surface area contributed by atoms with Gasteiger partial charge in [0.1, 0.15) is 6.04 Å². The molecule has 1 unspecified atom stereocenters. The summed E-state index contributed by atoms with van der Waals surface area (Å²) in [5, 5.41) is 13.0. The molecule has 1 fully saturated rings. The zero-order chi connectivity index (χ0) is 15.1. The molecule has 1 rings (SSSR count). The number of carboxylic acid groups (broad SMARTS) is 1. The Morgan fingerprint density at radius 1 is 1.30 bits per heavy atom. The Morgan fingerprint density at radius 2 is 1.95 bits per heavy atom. The molecule has 0 bridgehead atoms. The second kappa shape index (κ2) is 7.46. The summed E-state index contributed by atoms with van der Waals surface area (Å²) in [6, 6.07) is -1.28. The number of likely N-dealkylation sites (tertiary alicyclic amines) is 1. The minimum Gasteiger partial charge on any atom is -0.481 e. The van der Waals surface area contributed by atoms with Gasteiger partial charge >= 0.3 is 12.0 Å². The molecule has 8 nitrogen and oxygen atoms in total. The number of carbonyl (C=O) groups is 4. The number of unbranched alkanes of at least 4 members (excludes halogenated alkanes) is 1. The summed E-state index contributed by atoms with van der Waals surface area (Å²) in [6.45, 7) is 0.576. The van der Waals surface area contributed by atoms with Gasteiger partial charge in [0, 0.05) is 26.4 Å². The molecule has 0 aromatic rings. The van der Waals surface area contributed by atoms with Gasteiger partial charge in [-0.25, -0.2) is 4.79 Å². The summed E-state index contributed by atoms with van der Waals surface area (Å²) in [7, 11) is 1.65. The number of carbonyl (C=O) groups excluding carboxylic acids is 3. The highest BCUT2D eigenvalue weighted by molar-refractivity contribution is 5.96. The summed E-state index contributed by atoms with van der Waals surface area (Å²) in [5.41, 5.74) is 0. The molecule has 1 aliphatic heterocycles. The molecular formula is C12H19N3O5. The van der Waals surface area contributed by atoms with Gasteiger partial charge in [0.25, 0.3) is 0 Å². The van der Waals surface area contributed by atoms with Gasteiger partial charge in [0.15, 0.2) is 0 Å². The molecule has 20 heavy (non-hydrogen) atoms. The number of hydrogen-bond donors (Lipinski definition) is 3. The summed E-state index contributed by atoms with van der Waals surface area (Å²) in [6.07, 6.45) is 1.39. The van der Waals surface area contributed by atoms with Crippen LogP contribution in [0, 0.1) is 0 Å². The number of likely N-dealkylation sites (N-methyl/N-ethyl adjacent to an activating group) is 1. The van der Waals surface area contributed by atoms with E-state index in [2.05, 4.69) is 10.6 Å². The van der Waals surface area contributed by atoms with E-state index in [0.29, 0.717) is 25.8 Å². The number of nitrogens with one attached hydrogen (secondary N) is 2. The number of aliphatic carboxylic acids is 1. The standard InChI is InChI=1S/C12H19N3O5/c1-15-7-6-8(11(15)19)13-12(20)14-9(16)4-2-3-5-10(17)18/h8H,2-7H2,1H3,(H,17,18)(H2,13,14,16,20). The van der Waals surface area contributed by atoms with E-state index in [-0.39, 0.29) is 18.7 Å². The molecule has 3 N–H and O–H groups in total. The summed E-state index contributed by atoms with van der Waals surface area (Å²) in [5.74, 6) is -1.56. The molecule has 112 valence electrons. The van der Waals surface area contributed by atoms with Crippen molar-refractivity contribution >= 4 is 23.8 Å². The first-order valence-electron chi connectivity index (χ1n) is 6.47. The molecule has 0 radical (unpaired) electrons. The van der Waals surface area contributed by atoms with Crippen molar-refractivity contribution in [2.24, 2.45) is 0 Å². The number of hydrogen-bond acceptors (Lipinski definition) is 4. The second-order valence-electron chi connectivity index (χ2n) is 4.72. The van der Waals surface area contributed by atoms with Crippen molar-refractivity contribution in [2.45, 2.75) is 38.1 Å². The number of imide groups is 1. The number of nitrogens with zero attached hydrogens (tertiary/aromatic N) is 1. The third-order valence-electron chi connectivity index (χ3n) is 3.03. The Balaban J connectivity index is 2.20. The molecule has 0 saturated carbocycles. The van der Waals surface area contributed by atoms with Gasteiger partial charge < -0.3 is 15.3 Å². The van der Waals surface area contributed by atoms with Gasteiger partial charge in [0.2, 0.25) is 11.8 Å². The van der Waals surface area contributed by atoms with Gasteiger partial charge in [0.05, 0.1) is 0 Å². The lowest BCUT2D eigenvalue weighted by Crippen LogP contribution is -2.47. The van der Waals surface area contributed by atoms with E-state index in [9.17, 15) is 19.2 Å². The minimum absolute atomic E-state index is 0.00237. The van der Waals surface area contributed by atoms with Gasteiger partial charge in [-0.05, 0) is 19.3 Å². The van der Waals surface area contributed by atoms with Crippen LogP contribution in [0.4, 0.5) is 4.79 Å². The van der Waals surface area contributed by atoms with Crippen LogP contribution in [0.5, 0.6) is 0 Å². The number of urea groups is 1. The Hall–Kier alpha value is -2.12. The first-order valence-corrected chi connectivity index (χ1v) is 6.47. The summed E-state index contributed by atoms with van der Waals surface area (Å²) < 4.78 is 0. The normalized spacial score (nSPS) is 17.9. The maximum atomic E-state index is 11.5. The van der Waals surface area contributed by atoms with E-state index in [4.69, 9.17) is 5.11 Å². The third kappa shape index (κ3) is 5.25. The van der Waals surface area contributed by atoms with Crippen LogP contribution in [-0.4, -0.2) is 53.5 Å². The molecule has 0 spiro atoms. The lowest BCUT2D eigenvalue weighted by molar-refractivity contribution is -0.137. The number of rotatable bonds is 6. The van der Waals surface area contributed by atoms with E-state index >= 15 is 0 Å². The van der Waals surface area contributed by atoms with Crippen molar-refractivity contribution in [1.29, 1.82) is 0 Å². The highest BCUT2D eigenvalue weighted by Crippen LogP contribution is 2.08. The third-order valence-corrected chi connectivity index (χ3v) is 3.03. The first-order chi connectivity index (χ1) is 9.40. The molecule has 1 saturated heterocycles. The van der Waals surface area contributed by atoms with Gasteiger partial charge in [-0.15, -0.1) is 0 Å². The molecule has 4 amide bonds. The molecule has 1 atom stereocenters. The van der Waals surface area contributed by atoms with E-state index in [1.165, 1.54) is 4.90 Å². The van der Waals surface area contributed by atoms with Crippen molar-refractivity contribution in [2.75, 3.05) is 13.6 Å². The zero-order valence-electron chi connectivity index (χ0n) is 11.3. The SMILES string of the molecule is CN1CCC(NC(=O)NC(=O)CCCCC(=O)O)C1=O. The fraction of sp³-hybridized carbons (Fsp3) is 0.667. The van der Waals surface area contributed by atoms with Crippen LogP contribution in [-0.2, 0) is 14.4 Å². The summed E-state index contributed by atoms with van der Waals surface area (Å²) in [4.78, 5) is 46.2. The molecule has 0 aromatic heterocycles. The maximum absolute atomic E-state index is 11.5. The van der Waals surface area contributed by atoms with Crippen LogP contribution >= 0.6 is 0 Å². The molecule has 0 aromatic carbocycles. The fourth-order valence-corrected chi connectivity index (χ4v) is 1.90. The lowest BCUT2D eigenvalue weighted by atomic mass is 10.2. The van der Waals surface area contributed by atoms with Crippen molar-refractivity contribution < 1.29 is 24.3 Å². The Bertz CT molecular complexity index is 410. The van der Waals surface area contributed by atoms with Crippen LogP contribution in [0.1, 0.15) is 32.1 Å². The maximum Gasteiger partial charge on any atom is 0.322 e. The predicted molar refractivity (Wildman–Crippen MR) is 68.8 cm³/mol. The molecular weight excluding hydrogens is 266 g/mol. The highest BCUT2D eigenvalue weighted by atomic mass is 16.4.